The summed E-state index contributed by atoms with van der Waals surface area (Å²) in [6.45, 7) is 13.6. The number of methoxy groups -OCH3 is 1. The molecule has 0 saturated heterocycles. The number of allylic oxidation sites excluding steroid dienone is 2. The zero-order chi connectivity index (χ0) is 46.2. The van der Waals surface area contributed by atoms with Crippen molar-refractivity contribution in [2.24, 2.45) is 23.7 Å². The predicted octanol–water partition coefficient (Wildman–Crippen LogP) is 5.89. The predicted molar refractivity (Wildman–Crippen MR) is 235 cm³/mol. The Hall–Kier alpha value is -5.81. The van der Waals surface area contributed by atoms with E-state index < -0.39 is 82.7 Å². The number of nitrogens with zero attached hydrogens (tertiary/aromatic N) is 2. The van der Waals surface area contributed by atoms with Gasteiger partial charge in [0.05, 0.1) is 35.5 Å². The highest BCUT2D eigenvalue weighted by molar-refractivity contribution is 6.22. The zero-order valence-electron chi connectivity index (χ0n) is 37.5. The molecule has 0 unspecified atom stereocenters. The molecule has 0 aromatic heterocycles. The maximum atomic E-state index is 14.7. The van der Waals surface area contributed by atoms with Gasteiger partial charge in [0.15, 0.2) is 11.3 Å². The molecule has 4 bridgehead atoms. The maximum absolute atomic E-state index is 14.7. The standard InChI is InChI=1S/C47H57N3O13/c1-22-13-12-14-23(2)46(57)49-37-41(55)34-33(36-44(37)62-32-16-15-29(21-30(32)48-36)59-20-18-50(9)10)35-43(27(6)40(34)54)63-47(8,45(35)56)60-19-17-31(58-11)24(3)42(61-28(7)51)26(5)39(53)25(4)38(22)52/h12-17,19,21-22,24-26,31,38-39,42,52-54H,18,20H2,1-11H3,(H,49,57)/b13-12+,19-17+,23-14-/t22-,24+,25+,26+,31-,38-,39+,42+,47-/m0/s1. The van der Waals surface area contributed by atoms with E-state index >= 15 is 0 Å². The number of amides is 1. The summed E-state index contributed by atoms with van der Waals surface area (Å²) < 4.78 is 36.2. The van der Waals surface area contributed by atoms with Crippen LogP contribution in [0, 0.1) is 30.6 Å². The van der Waals surface area contributed by atoms with Crippen LogP contribution in [-0.4, -0.2) is 107 Å². The molecule has 16 nitrogen and oxygen atoms in total. The minimum atomic E-state index is -2.04. The lowest BCUT2D eigenvalue weighted by molar-refractivity contribution is -0.160. The Labute approximate surface area is 365 Å². The van der Waals surface area contributed by atoms with Gasteiger partial charge in [-0.3, -0.25) is 19.2 Å². The molecule has 2 aromatic rings. The molecule has 0 radical (unpaired) electrons. The number of esters is 1. The average Bonchev–Trinajstić information content (AvgIpc) is 3.50. The van der Waals surface area contributed by atoms with Gasteiger partial charge in [0.2, 0.25) is 5.43 Å². The quantitative estimate of drug-likeness (QED) is 0.101. The average molecular weight is 872 g/mol. The lowest BCUT2D eigenvalue weighted by Gasteiger charge is -2.38. The van der Waals surface area contributed by atoms with E-state index in [0.717, 1.165) is 0 Å². The lowest BCUT2D eigenvalue weighted by atomic mass is 9.78. The fraction of sp³-hybridized carbons (Fsp3) is 0.468. The van der Waals surface area contributed by atoms with Crippen LogP contribution in [0.15, 0.2) is 63.6 Å². The molecule has 9 atom stereocenters. The summed E-state index contributed by atoms with van der Waals surface area (Å²) in [6, 6.07) is 4.94. The van der Waals surface area contributed by atoms with Crippen LogP contribution in [0.25, 0.3) is 33.3 Å². The van der Waals surface area contributed by atoms with Crippen molar-refractivity contribution >= 4 is 45.2 Å². The van der Waals surface area contributed by atoms with E-state index in [1.807, 2.05) is 19.0 Å². The summed E-state index contributed by atoms with van der Waals surface area (Å²) in [6.07, 6.45) is 3.58. The number of fused-ring (bicyclic) bond motifs is 2. The van der Waals surface area contributed by atoms with Gasteiger partial charge in [-0.05, 0) is 46.2 Å². The first kappa shape index (κ1) is 46.7. The van der Waals surface area contributed by atoms with Crippen molar-refractivity contribution in [3.8, 4) is 28.7 Å². The number of aromatic hydroxyl groups is 1. The molecular weight excluding hydrogens is 815 g/mol. The van der Waals surface area contributed by atoms with Crippen molar-refractivity contribution in [2.75, 3.05) is 39.7 Å². The minimum Gasteiger partial charge on any atom is -0.507 e. The SMILES string of the molecule is CO[C@H]1/C=C/O[C@@]2(C)Oc3c(C)c(O)c4c(=O)c(c5oc6ccc(OCCN(C)C)cc6nc-5c4c3C2=O)NC(=O)/C(C)=C\C=C\[C@H](C)[C@H](O)[C@@H](C)[C@@H](O)[C@@H](C)[C@H](OC(C)=O)[C@@H]1C. The number of anilines is 1. The summed E-state index contributed by atoms with van der Waals surface area (Å²) >= 11 is 0. The molecule has 4 N–H and O–H groups in total. The fourth-order valence-electron chi connectivity index (χ4n) is 8.22. The van der Waals surface area contributed by atoms with E-state index in [9.17, 15) is 34.5 Å². The third-order valence-electron chi connectivity index (χ3n) is 12.1. The number of nitrogens with one attached hydrogen (secondary N) is 1. The Morgan fingerprint density at radius 1 is 1.00 bits per heavy atom. The number of aliphatic hydroxyl groups excluding tert-OH is 2. The number of aliphatic hydroxyl groups is 2. The maximum Gasteiger partial charge on any atom is 0.312 e. The van der Waals surface area contributed by atoms with Gasteiger partial charge in [-0.15, -0.1) is 0 Å². The Morgan fingerprint density at radius 2 is 1.71 bits per heavy atom. The molecule has 6 rings (SSSR count). The van der Waals surface area contributed by atoms with Crippen LogP contribution in [-0.2, 0) is 23.8 Å². The van der Waals surface area contributed by atoms with Crippen LogP contribution < -0.4 is 20.2 Å². The van der Waals surface area contributed by atoms with E-state index in [0.29, 0.717) is 18.9 Å². The smallest absolute Gasteiger partial charge is 0.312 e. The second-order valence-corrected chi connectivity index (χ2v) is 17.0. The number of Topliss-reactive ketones (excluding diaryl/α,β-unsaturated/α-hetero) is 1. The molecule has 3 aliphatic heterocycles. The topological polar surface area (TPSA) is 216 Å². The Bertz CT molecular complexity index is 2540. The summed E-state index contributed by atoms with van der Waals surface area (Å²) in [4.78, 5) is 62.5. The number of hydrogen-bond acceptors (Lipinski definition) is 15. The van der Waals surface area contributed by atoms with Gasteiger partial charge in [-0.2, -0.15) is 0 Å². The highest BCUT2D eigenvalue weighted by atomic mass is 16.7. The van der Waals surface area contributed by atoms with Crippen LogP contribution in [0.4, 0.5) is 5.69 Å². The van der Waals surface area contributed by atoms with E-state index in [4.69, 9.17) is 33.1 Å². The van der Waals surface area contributed by atoms with Crippen molar-refractivity contribution in [2.45, 2.75) is 85.6 Å². The lowest BCUT2D eigenvalue weighted by Crippen LogP contribution is -2.46. The molecule has 338 valence electrons. The van der Waals surface area contributed by atoms with Gasteiger partial charge in [-0.1, -0.05) is 45.9 Å². The van der Waals surface area contributed by atoms with E-state index in [1.54, 1.807) is 58.0 Å². The van der Waals surface area contributed by atoms with Crippen LogP contribution in [0.1, 0.15) is 64.4 Å². The molecule has 2 aromatic carbocycles. The molecule has 3 heterocycles. The van der Waals surface area contributed by atoms with Crippen LogP contribution >= 0.6 is 0 Å². The second kappa shape index (κ2) is 18.5. The first-order valence-electron chi connectivity index (χ1n) is 20.9. The summed E-state index contributed by atoms with van der Waals surface area (Å²) in [5, 5.41) is 37.0. The Morgan fingerprint density at radius 3 is 2.38 bits per heavy atom. The first-order chi connectivity index (χ1) is 29.7. The van der Waals surface area contributed by atoms with E-state index in [1.165, 1.54) is 53.2 Å². The zero-order valence-corrected chi connectivity index (χ0v) is 37.5. The van der Waals surface area contributed by atoms with E-state index in [2.05, 4.69) is 5.32 Å². The van der Waals surface area contributed by atoms with Crippen molar-refractivity contribution < 1.29 is 57.8 Å². The van der Waals surface area contributed by atoms with Gasteiger partial charge in [0.25, 0.3) is 11.7 Å². The van der Waals surface area contributed by atoms with Gasteiger partial charge in [0, 0.05) is 73.8 Å². The number of phenols is 1. The van der Waals surface area contributed by atoms with E-state index in [-0.39, 0.29) is 61.5 Å². The van der Waals surface area contributed by atoms with Crippen molar-refractivity contribution in [3.63, 3.8) is 0 Å². The third-order valence-corrected chi connectivity index (χ3v) is 12.1. The minimum absolute atomic E-state index is 0.0323. The summed E-state index contributed by atoms with van der Waals surface area (Å²) in [5.74, 6) is -6.79. The van der Waals surface area contributed by atoms with Crippen LogP contribution in [0.5, 0.6) is 17.2 Å². The van der Waals surface area contributed by atoms with Gasteiger partial charge >= 0.3 is 11.8 Å². The number of likely N-dealkylation sites (N-methyl/N-ethyl adjacent to an activating group) is 1. The fourth-order valence-corrected chi connectivity index (χ4v) is 8.22. The molecule has 0 spiro atoms. The highest BCUT2D eigenvalue weighted by Gasteiger charge is 2.50. The van der Waals surface area contributed by atoms with Gasteiger partial charge in [0.1, 0.15) is 46.9 Å². The molecule has 0 saturated carbocycles. The largest absolute Gasteiger partial charge is 0.507 e. The summed E-state index contributed by atoms with van der Waals surface area (Å²) in [5.41, 5.74) is -0.573. The first-order valence-corrected chi connectivity index (χ1v) is 20.9. The normalized spacial score (nSPS) is 29.0. The van der Waals surface area contributed by atoms with Crippen LogP contribution in [0.2, 0.25) is 0 Å². The molecule has 4 aliphatic rings. The molecule has 1 aliphatic carbocycles. The third kappa shape index (κ3) is 9.03. The Kier molecular flexibility index (Phi) is 13.7. The second-order valence-electron chi connectivity index (χ2n) is 17.0. The van der Waals surface area contributed by atoms with Crippen molar-refractivity contribution in [3.05, 3.63) is 75.7 Å². The number of benzene rings is 3. The number of carbonyl (C=O) groups is 3. The number of rotatable bonds is 6. The summed E-state index contributed by atoms with van der Waals surface area (Å²) in [7, 11) is 5.28. The number of aromatic nitrogens is 1. The molecular formula is C47H57N3O13. The van der Waals surface area contributed by atoms with Crippen molar-refractivity contribution in [1.82, 2.24) is 9.88 Å². The Balaban J connectivity index is 1.58. The molecule has 63 heavy (non-hydrogen) atoms. The monoisotopic (exact) mass is 871 g/mol. The van der Waals surface area contributed by atoms with Gasteiger partial charge in [-0.25, -0.2) is 4.98 Å². The van der Waals surface area contributed by atoms with Gasteiger partial charge < -0.3 is 53.6 Å². The highest BCUT2D eigenvalue weighted by Crippen LogP contribution is 2.50. The van der Waals surface area contributed by atoms with Crippen molar-refractivity contribution in [1.29, 1.82) is 0 Å². The molecule has 1 amide bonds. The number of hydrogen-bond donors (Lipinski definition) is 4. The van der Waals surface area contributed by atoms with Crippen LogP contribution in [0.3, 0.4) is 0 Å². The molecule has 16 heteroatoms. The number of ketones is 1. The number of phenolic OH excluding ortho intramolecular Hbond substituents is 1. The number of ether oxygens (including phenoxy) is 5. The molecule has 0 fully saturated rings. The number of carbonyl (C=O) groups excluding carboxylic acids is 3.